The summed E-state index contributed by atoms with van der Waals surface area (Å²) in [5.74, 6) is 0.236. The van der Waals surface area contributed by atoms with Crippen molar-refractivity contribution in [3.8, 4) is 5.82 Å². The first-order valence-electron chi connectivity index (χ1n) is 9.12. The second kappa shape index (κ2) is 8.14. The molecule has 3 aromatic rings. The highest BCUT2D eigenvalue weighted by atomic mass is 32.2. The summed E-state index contributed by atoms with van der Waals surface area (Å²) in [5, 5.41) is 7.14. The molecule has 8 nitrogen and oxygen atoms in total. The lowest BCUT2D eigenvalue weighted by Gasteiger charge is -2.11. The number of sulfonamides is 1. The molecule has 0 bridgehead atoms. The molecular weight excluding hydrogens is 390 g/mol. The number of anilines is 1. The third-order valence-electron chi connectivity index (χ3n) is 4.33. The Morgan fingerprint density at radius 3 is 2.45 bits per heavy atom. The van der Waals surface area contributed by atoms with Crippen molar-refractivity contribution in [2.24, 2.45) is 0 Å². The quantitative estimate of drug-likeness (QED) is 0.646. The predicted molar refractivity (Wildman–Crippen MR) is 111 cm³/mol. The fraction of sp³-hybridized carbons (Fsp3) is 0.250. The maximum atomic E-state index is 12.7. The van der Waals surface area contributed by atoms with Crippen molar-refractivity contribution >= 4 is 21.6 Å². The Kier molecular flexibility index (Phi) is 5.81. The number of amides is 1. The van der Waals surface area contributed by atoms with Crippen LogP contribution in [0.15, 0.2) is 47.5 Å². The summed E-state index contributed by atoms with van der Waals surface area (Å²) < 4.78 is 28.6. The number of hydrogen-bond acceptors (Lipinski definition) is 5. The van der Waals surface area contributed by atoms with Crippen LogP contribution in [0.1, 0.15) is 34.2 Å². The smallest absolute Gasteiger partial charge is 0.256 e. The van der Waals surface area contributed by atoms with E-state index in [1.54, 1.807) is 36.7 Å². The highest BCUT2D eigenvalue weighted by Gasteiger charge is 2.17. The van der Waals surface area contributed by atoms with Crippen molar-refractivity contribution in [1.29, 1.82) is 0 Å². The minimum Gasteiger partial charge on any atom is -0.321 e. The Labute approximate surface area is 170 Å². The molecule has 0 saturated heterocycles. The molecule has 0 fully saturated rings. The van der Waals surface area contributed by atoms with Crippen molar-refractivity contribution in [2.45, 2.75) is 32.6 Å². The standard InChI is InChI=1S/C20H23N5O3S/c1-5-22-29(27,28)17-8-6-13(2)18(11-17)20(26)23-16-7-9-19(21-12-16)25-15(4)10-14(3)24-25/h6-12,22H,5H2,1-4H3,(H,23,26). The maximum absolute atomic E-state index is 12.7. The van der Waals surface area contributed by atoms with Crippen LogP contribution in [0.5, 0.6) is 0 Å². The molecule has 0 radical (unpaired) electrons. The lowest BCUT2D eigenvalue weighted by atomic mass is 10.1. The Bertz CT molecular complexity index is 1150. The summed E-state index contributed by atoms with van der Waals surface area (Å²) in [5.41, 5.74) is 3.31. The van der Waals surface area contributed by atoms with Crippen LogP contribution in [0.25, 0.3) is 5.82 Å². The van der Waals surface area contributed by atoms with E-state index >= 15 is 0 Å². The first kappa shape index (κ1) is 20.7. The molecule has 29 heavy (non-hydrogen) atoms. The van der Waals surface area contributed by atoms with E-state index in [0.29, 0.717) is 17.1 Å². The highest BCUT2D eigenvalue weighted by molar-refractivity contribution is 7.89. The number of carbonyl (C=O) groups excluding carboxylic acids is 1. The average Bonchev–Trinajstić information content (AvgIpc) is 3.00. The predicted octanol–water partition coefficient (Wildman–Crippen LogP) is 2.74. The molecule has 0 aliphatic rings. The molecule has 0 atom stereocenters. The third-order valence-corrected chi connectivity index (χ3v) is 5.87. The molecule has 9 heteroatoms. The molecule has 2 N–H and O–H groups in total. The minimum atomic E-state index is -3.65. The number of carbonyl (C=O) groups is 1. The lowest BCUT2D eigenvalue weighted by molar-refractivity contribution is 0.102. The van der Waals surface area contributed by atoms with Gasteiger partial charge in [-0.1, -0.05) is 13.0 Å². The molecule has 0 saturated carbocycles. The summed E-state index contributed by atoms with van der Waals surface area (Å²) in [6.07, 6.45) is 1.54. The van der Waals surface area contributed by atoms with E-state index in [1.165, 1.54) is 18.3 Å². The fourth-order valence-corrected chi connectivity index (χ4v) is 4.00. The number of nitrogens with zero attached hydrogens (tertiary/aromatic N) is 3. The van der Waals surface area contributed by atoms with E-state index < -0.39 is 15.9 Å². The van der Waals surface area contributed by atoms with Gasteiger partial charge in [0, 0.05) is 17.8 Å². The van der Waals surface area contributed by atoms with Gasteiger partial charge in [-0.25, -0.2) is 22.8 Å². The fourth-order valence-electron chi connectivity index (χ4n) is 2.93. The molecule has 2 heterocycles. The van der Waals surface area contributed by atoms with E-state index in [-0.39, 0.29) is 17.0 Å². The van der Waals surface area contributed by atoms with Gasteiger partial charge in [-0.15, -0.1) is 0 Å². The number of aryl methyl sites for hydroxylation is 3. The van der Waals surface area contributed by atoms with Gasteiger partial charge in [0.15, 0.2) is 5.82 Å². The SMILES string of the molecule is CCNS(=O)(=O)c1ccc(C)c(C(=O)Nc2ccc(-n3nc(C)cc3C)nc2)c1. The van der Waals surface area contributed by atoms with Gasteiger partial charge in [0.2, 0.25) is 10.0 Å². The molecule has 0 unspecified atom stereocenters. The number of aromatic nitrogens is 3. The van der Waals surface area contributed by atoms with E-state index in [4.69, 9.17) is 0 Å². The lowest BCUT2D eigenvalue weighted by Crippen LogP contribution is -2.24. The summed E-state index contributed by atoms with van der Waals surface area (Å²) in [7, 11) is -3.65. The van der Waals surface area contributed by atoms with Crippen molar-refractivity contribution in [3.05, 3.63) is 65.1 Å². The number of hydrogen-bond donors (Lipinski definition) is 2. The normalized spacial score (nSPS) is 11.4. The molecule has 0 aliphatic carbocycles. The van der Waals surface area contributed by atoms with E-state index in [1.807, 2.05) is 19.9 Å². The van der Waals surface area contributed by atoms with Crippen LogP contribution < -0.4 is 10.0 Å². The van der Waals surface area contributed by atoms with Gasteiger partial charge in [0.1, 0.15) is 0 Å². The second-order valence-corrected chi connectivity index (χ2v) is 8.44. The van der Waals surface area contributed by atoms with Crippen LogP contribution >= 0.6 is 0 Å². The van der Waals surface area contributed by atoms with Crippen LogP contribution in [0.2, 0.25) is 0 Å². The topological polar surface area (TPSA) is 106 Å². The first-order chi connectivity index (χ1) is 13.7. The summed E-state index contributed by atoms with van der Waals surface area (Å²) in [6, 6.07) is 9.91. The summed E-state index contributed by atoms with van der Waals surface area (Å²) in [4.78, 5) is 17.1. The van der Waals surface area contributed by atoms with E-state index in [2.05, 4.69) is 20.1 Å². The van der Waals surface area contributed by atoms with Crippen LogP contribution in [-0.2, 0) is 10.0 Å². The maximum Gasteiger partial charge on any atom is 0.256 e. The number of rotatable bonds is 6. The zero-order chi connectivity index (χ0) is 21.2. The van der Waals surface area contributed by atoms with Crippen LogP contribution in [0, 0.1) is 20.8 Å². The molecule has 1 amide bonds. The molecule has 0 spiro atoms. The molecule has 1 aromatic carbocycles. The highest BCUT2D eigenvalue weighted by Crippen LogP contribution is 2.18. The van der Waals surface area contributed by atoms with Crippen LogP contribution in [-0.4, -0.2) is 35.6 Å². The number of pyridine rings is 1. The number of benzene rings is 1. The van der Waals surface area contributed by atoms with Crippen LogP contribution in [0.4, 0.5) is 5.69 Å². The van der Waals surface area contributed by atoms with Crippen molar-refractivity contribution < 1.29 is 13.2 Å². The van der Waals surface area contributed by atoms with Gasteiger partial charge < -0.3 is 5.32 Å². The van der Waals surface area contributed by atoms with Gasteiger partial charge in [0.25, 0.3) is 5.91 Å². The second-order valence-electron chi connectivity index (χ2n) is 6.68. The first-order valence-corrected chi connectivity index (χ1v) is 10.6. The summed E-state index contributed by atoms with van der Waals surface area (Å²) in [6.45, 7) is 7.56. The monoisotopic (exact) mass is 413 g/mol. The van der Waals surface area contributed by atoms with Crippen molar-refractivity contribution in [3.63, 3.8) is 0 Å². The average molecular weight is 414 g/mol. The molecule has 152 valence electrons. The van der Waals surface area contributed by atoms with Gasteiger partial charge in [-0.05, 0) is 56.7 Å². The molecular formula is C20H23N5O3S. The Balaban J connectivity index is 1.82. The Morgan fingerprint density at radius 1 is 1.10 bits per heavy atom. The molecule has 3 rings (SSSR count). The zero-order valence-corrected chi connectivity index (χ0v) is 17.5. The van der Waals surface area contributed by atoms with Gasteiger partial charge in [0.05, 0.1) is 22.5 Å². The van der Waals surface area contributed by atoms with Crippen molar-refractivity contribution in [1.82, 2.24) is 19.5 Å². The summed E-state index contributed by atoms with van der Waals surface area (Å²) >= 11 is 0. The molecule has 2 aromatic heterocycles. The Hall–Kier alpha value is -3.04. The van der Waals surface area contributed by atoms with Crippen molar-refractivity contribution in [2.75, 3.05) is 11.9 Å². The zero-order valence-electron chi connectivity index (χ0n) is 16.7. The largest absolute Gasteiger partial charge is 0.321 e. The minimum absolute atomic E-state index is 0.0492. The van der Waals surface area contributed by atoms with Gasteiger partial charge >= 0.3 is 0 Å². The Morgan fingerprint density at radius 2 is 1.86 bits per heavy atom. The molecule has 0 aliphatic heterocycles. The number of nitrogens with one attached hydrogen (secondary N) is 2. The van der Waals surface area contributed by atoms with Gasteiger partial charge in [-0.2, -0.15) is 5.10 Å². The van der Waals surface area contributed by atoms with Crippen LogP contribution in [0.3, 0.4) is 0 Å². The van der Waals surface area contributed by atoms with E-state index in [9.17, 15) is 13.2 Å². The van der Waals surface area contributed by atoms with Gasteiger partial charge in [-0.3, -0.25) is 4.79 Å². The van der Waals surface area contributed by atoms with E-state index in [0.717, 1.165) is 11.4 Å². The third kappa shape index (κ3) is 4.52.